The van der Waals surface area contributed by atoms with Gasteiger partial charge in [0.1, 0.15) is 0 Å². The molecule has 140 valence electrons. The molecule has 1 saturated heterocycles. The molecule has 1 heterocycles. The van der Waals surface area contributed by atoms with Crippen molar-refractivity contribution in [3.8, 4) is 0 Å². The third-order valence-electron chi connectivity index (χ3n) is 5.12. The smallest absolute Gasteiger partial charge is 0.307 e. The minimum Gasteiger partial charge on any atom is -0.481 e. The van der Waals surface area contributed by atoms with Crippen LogP contribution >= 0.6 is 35.6 Å². The van der Waals surface area contributed by atoms with Crippen LogP contribution in [-0.2, 0) is 16.0 Å². The molecule has 2 aliphatic rings. The van der Waals surface area contributed by atoms with Crippen LogP contribution < -0.4 is 0 Å². The highest BCUT2D eigenvalue weighted by Gasteiger charge is 2.33. The molecule has 4 nitrogen and oxygen atoms in total. The molecule has 0 radical (unpaired) electrons. The zero-order valence-corrected chi connectivity index (χ0v) is 16.4. The maximum absolute atomic E-state index is 11.1. The maximum Gasteiger partial charge on any atom is 0.307 e. The van der Waals surface area contributed by atoms with E-state index in [0.717, 1.165) is 50.3 Å². The number of carboxylic acid groups (broad SMARTS) is 1. The van der Waals surface area contributed by atoms with Gasteiger partial charge >= 0.3 is 5.97 Å². The molecule has 1 aromatic carbocycles. The number of benzene rings is 1. The van der Waals surface area contributed by atoms with Gasteiger partial charge in [-0.1, -0.05) is 42.1 Å². The van der Waals surface area contributed by atoms with Gasteiger partial charge in [0.25, 0.3) is 0 Å². The minimum absolute atomic E-state index is 0. The van der Waals surface area contributed by atoms with E-state index in [2.05, 4.69) is 4.90 Å². The molecule has 7 heteroatoms. The minimum atomic E-state index is -0.854. The van der Waals surface area contributed by atoms with Gasteiger partial charge in [0.05, 0.1) is 29.7 Å². The van der Waals surface area contributed by atoms with E-state index >= 15 is 0 Å². The predicted molar refractivity (Wildman–Crippen MR) is 102 cm³/mol. The van der Waals surface area contributed by atoms with E-state index in [-0.39, 0.29) is 18.8 Å². The van der Waals surface area contributed by atoms with Crippen molar-refractivity contribution < 1.29 is 14.6 Å². The van der Waals surface area contributed by atoms with Crippen LogP contribution in [0.15, 0.2) is 12.1 Å². The lowest BCUT2D eigenvalue weighted by atomic mass is 9.78. The van der Waals surface area contributed by atoms with Crippen LogP contribution in [0.5, 0.6) is 0 Å². The Labute approximate surface area is 164 Å². The number of ether oxygens (including phenoxy) is 1. The molecule has 0 amide bonds. The summed E-state index contributed by atoms with van der Waals surface area (Å²) in [5, 5.41) is 10.1. The van der Waals surface area contributed by atoms with Crippen molar-refractivity contribution in [2.75, 3.05) is 26.3 Å². The van der Waals surface area contributed by atoms with Crippen LogP contribution in [0.25, 0.3) is 0 Å². The Morgan fingerprint density at radius 3 is 2.56 bits per heavy atom. The SMILES string of the molecule is Cl.O=C(O)Cc1cc(Cl)c(Cl)c(C2CCCCC2N2CCOCC2)c1. The molecule has 1 aromatic rings. The Morgan fingerprint density at radius 2 is 1.88 bits per heavy atom. The number of carboxylic acids is 1. The van der Waals surface area contributed by atoms with E-state index in [1.165, 1.54) is 12.8 Å². The third kappa shape index (κ3) is 5.01. The van der Waals surface area contributed by atoms with Gasteiger partial charge in [-0.05, 0) is 30.0 Å². The lowest BCUT2D eigenvalue weighted by molar-refractivity contribution is -0.136. The van der Waals surface area contributed by atoms with Gasteiger partial charge in [0.15, 0.2) is 0 Å². The molecule has 1 N–H and O–H groups in total. The van der Waals surface area contributed by atoms with E-state index in [9.17, 15) is 4.79 Å². The van der Waals surface area contributed by atoms with E-state index in [1.54, 1.807) is 6.07 Å². The molecule has 0 bridgehead atoms. The monoisotopic (exact) mass is 407 g/mol. The molecule has 3 rings (SSSR count). The quantitative estimate of drug-likeness (QED) is 0.802. The summed E-state index contributed by atoms with van der Waals surface area (Å²) in [6.45, 7) is 3.44. The van der Waals surface area contributed by atoms with E-state index < -0.39 is 5.97 Å². The molecule has 0 spiro atoms. The van der Waals surface area contributed by atoms with Crippen molar-refractivity contribution >= 4 is 41.6 Å². The van der Waals surface area contributed by atoms with Gasteiger partial charge in [-0.2, -0.15) is 0 Å². The van der Waals surface area contributed by atoms with Crippen molar-refractivity contribution in [2.24, 2.45) is 0 Å². The van der Waals surface area contributed by atoms with Crippen LogP contribution in [0.4, 0.5) is 0 Å². The molecule has 1 aliphatic carbocycles. The first-order chi connectivity index (χ1) is 11.6. The number of hydrogen-bond donors (Lipinski definition) is 1. The van der Waals surface area contributed by atoms with Gasteiger partial charge in [-0.3, -0.25) is 9.69 Å². The molecule has 25 heavy (non-hydrogen) atoms. The molecular formula is C18H24Cl3NO3. The fourth-order valence-corrected chi connectivity index (χ4v) is 4.53. The standard InChI is InChI=1S/C18H23Cl2NO3.ClH/c19-15-10-12(11-17(22)23)9-14(18(15)20)13-3-1-2-4-16(13)21-5-7-24-8-6-21;/h9-10,13,16H,1-8,11H2,(H,22,23);1H. The van der Waals surface area contributed by atoms with E-state index in [0.29, 0.717) is 22.0 Å². The number of nitrogens with zero attached hydrogens (tertiary/aromatic N) is 1. The van der Waals surface area contributed by atoms with Gasteiger partial charge in [-0.15, -0.1) is 12.4 Å². The Morgan fingerprint density at radius 1 is 1.20 bits per heavy atom. The fourth-order valence-electron chi connectivity index (χ4n) is 4.04. The van der Waals surface area contributed by atoms with Crippen molar-refractivity contribution in [3.63, 3.8) is 0 Å². The highest BCUT2D eigenvalue weighted by atomic mass is 35.5. The van der Waals surface area contributed by atoms with Gasteiger partial charge in [0, 0.05) is 25.0 Å². The molecule has 1 aliphatic heterocycles. The van der Waals surface area contributed by atoms with Crippen molar-refractivity contribution in [1.82, 2.24) is 4.90 Å². The maximum atomic E-state index is 11.1. The predicted octanol–water partition coefficient (Wildman–Crippen LogP) is 4.40. The summed E-state index contributed by atoms with van der Waals surface area (Å²) in [6, 6.07) is 4.05. The molecular weight excluding hydrogens is 385 g/mol. The lowest BCUT2D eigenvalue weighted by Crippen LogP contribution is -2.47. The van der Waals surface area contributed by atoms with Crippen molar-refractivity contribution in [1.29, 1.82) is 0 Å². The van der Waals surface area contributed by atoms with E-state index in [4.69, 9.17) is 33.0 Å². The number of hydrogen-bond acceptors (Lipinski definition) is 3. The van der Waals surface area contributed by atoms with Gasteiger partial charge in [-0.25, -0.2) is 0 Å². The number of halogens is 3. The molecule has 2 fully saturated rings. The first-order valence-electron chi connectivity index (χ1n) is 8.57. The average molecular weight is 409 g/mol. The second-order valence-corrected chi connectivity index (χ2v) is 7.44. The summed E-state index contributed by atoms with van der Waals surface area (Å²) in [5.74, 6) is -0.552. The molecule has 1 saturated carbocycles. The van der Waals surface area contributed by atoms with Crippen LogP contribution in [0.3, 0.4) is 0 Å². The van der Waals surface area contributed by atoms with Gasteiger partial charge < -0.3 is 9.84 Å². The van der Waals surface area contributed by atoms with Crippen molar-refractivity contribution in [3.05, 3.63) is 33.3 Å². The van der Waals surface area contributed by atoms with Crippen LogP contribution in [-0.4, -0.2) is 48.3 Å². The molecule has 2 unspecified atom stereocenters. The van der Waals surface area contributed by atoms with Crippen LogP contribution in [0, 0.1) is 0 Å². The summed E-state index contributed by atoms with van der Waals surface area (Å²) >= 11 is 12.8. The zero-order valence-electron chi connectivity index (χ0n) is 14.0. The third-order valence-corrected chi connectivity index (χ3v) is 5.93. The Kier molecular flexibility index (Phi) is 7.84. The van der Waals surface area contributed by atoms with Crippen LogP contribution in [0.1, 0.15) is 42.7 Å². The number of rotatable bonds is 4. The van der Waals surface area contributed by atoms with Crippen molar-refractivity contribution in [2.45, 2.75) is 44.1 Å². The Hall–Kier alpha value is -0.520. The first-order valence-corrected chi connectivity index (χ1v) is 9.33. The summed E-state index contributed by atoms with van der Waals surface area (Å²) < 4.78 is 5.48. The molecule has 0 aromatic heterocycles. The first kappa shape index (κ1) is 20.8. The second kappa shape index (κ2) is 9.43. The summed E-state index contributed by atoms with van der Waals surface area (Å²) in [5.41, 5.74) is 1.73. The summed E-state index contributed by atoms with van der Waals surface area (Å²) in [4.78, 5) is 13.6. The Balaban J connectivity index is 0.00000225. The Bertz CT molecular complexity index is 605. The number of carbonyl (C=O) groups is 1. The fraction of sp³-hybridized carbons (Fsp3) is 0.611. The molecule has 2 atom stereocenters. The highest BCUT2D eigenvalue weighted by Crippen LogP contribution is 2.42. The average Bonchev–Trinajstić information content (AvgIpc) is 2.58. The zero-order chi connectivity index (χ0) is 17.1. The largest absolute Gasteiger partial charge is 0.481 e. The number of aliphatic carboxylic acids is 1. The van der Waals surface area contributed by atoms with E-state index in [1.807, 2.05) is 6.07 Å². The van der Waals surface area contributed by atoms with Gasteiger partial charge in [0.2, 0.25) is 0 Å². The van der Waals surface area contributed by atoms with Crippen LogP contribution in [0.2, 0.25) is 10.0 Å². The lowest BCUT2D eigenvalue weighted by Gasteiger charge is -2.42. The normalized spacial score (nSPS) is 24.6. The number of morpholine rings is 1. The summed E-state index contributed by atoms with van der Waals surface area (Å²) in [7, 11) is 0. The topological polar surface area (TPSA) is 49.8 Å². The second-order valence-electron chi connectivity index (χ2n) is 6.66. The highest BCUT2D eigenvalue weighted by molar-refractivity contribution is 6.42. The summed E-state index contributed by atoms with van der Waals surface area (Å²) in [6.07, 6.45) is 4.57.